The molecule has 0 bridgehead atoms. The van der Waals surface area contributed by atoms with Crippen LogP contribution < -0.4 is 4.31 Å². The normalized spacial score (nSPS) is 10.9. The summed E-state index contributed by atoms with van der Waals surface area (Å²) < 4.78 is 24.1. The summed E-state index contributed by atoms with van der Waals surface area (Å²) in [7, 11) is -3.22. The van der Waals surface area contributed by atoms with E-state index in [1.807, 2.05) is 6.07 Å². The first-order valence-electron chi connectivity index (χ1n) is 4.19. The molecule has 0 atom stereocenters. The van der Waals surface area contributed by atoms with Gasteiger partial charge in [0.1, 0.15) is 0 Å². The summed E-state index contributed by atoms with van der Waals surface area (Å²) in [5, 5.41) is 0. The Bertz CT molecular complexity index is 397. The number of anilines is 1. The van der Waals surface area contributed by atoms with E-state index in [4.69, 9.17) is 0 Å². The van der Waals surface area contributed by atoms with Gasteiger partial charge in [0.2, 0.25) is 10.0 Å². The molecule has 4 heteroatoms. The fraction of sp³-hybridized carbons (Fsp3) is 0.200. The first kappa shape index (κ1) is 10.8. The van der Waals surface area contributed by atoms with Crippen molar-refractivity contribution in [2.75, 3.05) is 17.1 Å². The lowest BCUT2D eigenvalue weighted by atomic mass is 10.3. The van der Waals surface area contributed by atoms with Crippen LogP contribution in [0, 0.1) is 0 Å². The van der Waals surface area contributed by atoms with Crippen LogP contribution in [0.1, 0.15) is 0 Å². The van der Waals surface area contributed by atoms with E-state index in [0.29, 0.717) is 12.2 Å². The highest BCUT2D eigenvalue weighted by Crippen LogP contribution is 2.15. The van der Waals surface area contributed by atoms with Gasteiger partial charge in [-0.3, -0.25) is 4.31 Å². The minimum atomic E-state index is -3.22. The van der Waals surface area contributed by atoms with E-state index in [1.54, 1.807) is 30.3 Å². The molecule has 0 spiro atoms. The number of hydrogen-bond donors (Lipinski definition) is 0. The lowest BCUT2D eigenvalue weighted by Crippen LogP contribution is -2.29. The van der Waals surface area contributed by atoms with Gasteiger partial charge in [-0.05, 0) is 12.1 Å². The van der Waals surface area contributed by atoms with Crippen LogP contribution in [0.25, 0.3) is 0 Å². The highest BCUT2D eigenvalue weighted by molar-refractivity contribution is 7.92. The molecule has 0 heterocycles. The third-order valence-electron chi connectivity index (χ3n) is 1.74. The summed E-state index contributed by atoms with van der Waals surface area (Å²) in [4.78, 5) is 0. The molecule has 0 unspecified atom stereocenters. The van der Waals surface area contributed by atoms with Gasteiger partial charge < -0.3 is 0 Å². The Balaban J connectivity index is 3.07. The second-order valence-electron chi connectivity index (χ2n) is 2.92. The molecule has 0 amide bonds. The molecule has 3 nitrogen and oxygen atoms in total. The summed E-state index contributed by atoms with van der Waals surface area (Å²) in [6.45, 7) is 3.83. The summed E-state index contributed by atoms with van der Waals surface area (Å²) in [5.41, 5.74) is 0.662. The van der Waals surface area contributed by atoms with E-state index in [2.05, 4.69) is 6.58 Å². The lowest BCUT2D eigenvalue weighted by Gasteiger charge is -2.20. The number of sulfonamides is 1. The van der Waals surface area contributed by atoms with Crippen molar-refractivity contribution in [3.63, 3.8) is 0 Å². The molecule has 0 aliphatic rings. The second kappa shape index (κ2) is 4.28. The molecule has 1 rings (SSSR count). The quantitative estimate of drug-likeness (QED) is 0.710. The van der Waals surface area contributed by atoms with Crippen LogP contribution in [-0.4, -0.2) is 21.2 Å². The fourth-order valence-electron chi connectivity index (χ4n) is 1.14. The van der Waals surface area contributed by atoms with Gasteiger partial charge in [0, 0.05) is 0 Å². The Kier molecular flexibility index (Phi) is 3.30. The third kappa shape index (κ3) is 2.60. The minimum Gasteiger partial charge on any atom is -0.267 e. The average molecular weight is 211 g/mol. The average Bonchev–Trinajstić information content (AvgIpc) is 2.14. The summed E-state index contributed by atoms with van der Waals surface area (Å²) in [6, 6.07) is 8.96. The van der Waals surface area contributed by atoms with Gasteiger partial charge in [-0.15, -0.1) is 6.58 Å². The molecule has 76 valence electrons. The molecule has 0 saturated carbocycles. The largest absolute Gasteiger partial charge is 0.267 e. The number of para-hydroxylation sites is 1. The van der Waals surface area contributed by atoms with Crippen molar-refractivity contribution in [1.29, 1.82) is 0 Å². The number of nitrogens with zero attached hydrogens (tertiary/aromatic N) is 1. The summed E-state index contributed by atoms with van der Waals surface area (Å²) in [6.07, 6.45) is 2.75. The Morgan fingerprint density at radius 3 is 2.36 bits per heavy atom. The van der Waals surface area contributed by atoms with Crippen LogP contribution in [0.4, 0.5) is 5.69 Å². The maximum atomic E-state index is 11.4. The molecule has 0 aromatic heterocycles. The summed E-state index contributed by atoms with van der Waals surface area (Å²) in [5.74, 6) is 0. The third-order valence-corrected chi connectivity index (χ3v) is 2.90. The smallest absolute Gasteiger partial charge is 0.232 e. The SMILES string of the molecule is C=CCN(c1ccccc1)S(C)(=O)=O. The highest BCUT2D eigenvalue weighted by Gasteiger charge is 2.14. The molecular weight excluding hydrogens is 198 g/mol. The molecule has 1 aromatic rings. The highest BCUT2D eigenvalue weighted by atomic mass is 32.2. The number of benzene rings is 1. The monoisotopic (exact) mass is 211 g/mol. The van der Waals surface area contributed by atoms with E-state index in [9.17, 15) is 8.42 Å². The second-order valence-corrected chi connectivity index (χ2v) is 4.83. The summed E-state index contributed by atoms with van der Waals surface area (Å²) >= 11 is 0. The fourth-order valence-corrected chi connectivity index (χ4v) is 2.02. The Labute approximate surface area is 84.7 Å². The van der Waals surface area contributed by atoms with Gasteiger partial charge in [0.05, 0.1) is 18.5 Å². The van der Waals surface area contributed by atoms with Crippen LogP contribution in [0.3, 0.4) is 0 Å². The first-order valence-corrected chi connectivity index (χ1v) is 6.04. The van der Waals surface area contributed by atoms with Crippen LogP contribution >= 0.6 is 0 Å². The van der Waals surface area contributed by atoms with Crippen molar-refractivity contribution in [3.8, 4) is 0 Å². The van der Waals surface area contributed by atoms with Crippen molar-refractivity contribution in [2.45, 2.75) is 0 Å². The van der Waals surface area contributed by atoms with E-state index in [-0.39, 0.29) is 0 Å². The Hall–Kier alpha value is -1.29. The van der Waals surface area contributed by atoms with Crippen molar-refractivity contribution in [2.24, 2.45) is 0 Å². The Morgan fingerprint density at radius 1 is 1.36 bits per heavy atom. The molecule has 0 saturated heterocycles. The molecular formula is C10H13NO2S. The van der Waals surface area contributed by atoms with E-state index in [0.717, 1.165) is 0 Å². The Morgan fingerprint density at radius 2 is 1.93 bits per heavy atom. The van der Waals surface area contributed by atoms with Crippen LogP contribution in [0.5, 0.6) is 0 Å². The van der Waals surface area contributed by atoms with E-state index < -0.39 is 10.0 Å². The van der Waals surface area contributed by atoms with E-state index in [1.165, 1.54) is 10.6 Å². The zero-order valence-electron chi connectivity index (χ0n) is 8.05. The molecule has 0 radical (unpaired) electrons. The molecule has 14 heavy (non-hydrogen) atoms. The van der Waals surface area contributed by atoms with Crippen LogP contribution in [-0.2, 0) is 10.0 Å². The minimum absolute atomic E-state index is 0.294. The van der Waals surface area contributed by atoms with E-state index >= 15 is 0 Å². The zero-order chi connectivity index (χ0) is 10.6. The molecule has 0 fully saturated rings. The topological polar surface area (TPSA) is 37.4 Å². The predicted molar refractivity (Wildman–Crippen MR) is 58.8 cm³/mol. The molecule has 1 aromatic carbocycles. The number of rotatable bonds is 4. The lowest BCUT2D eigenvalue weighted by molar-refractivity contribution is 0.599. The molecule has 0 aliphatic carbocycles. The standard InChI is InChI=1S/C10H13NO2S/c1-3-9-11(14(2,12)13)10-7-5-4-6-8-10/h3-8H,1,9H2,2H3. The zero-order valence-corrected chi connectivity index (χ0v) is 8.87. The van der Waals surface area contributed by atoms with Gasteiger partial charge in [-0.25, -0.2) is 8.42 Å². The van der Waals surface area contributed by atoms with Gasteiger partial charge in [-0.2, -0.15) is 0 Å². The molecule has 0 N–H and O–H groups in total. The van der Waals surface area contributed by atoms with Gasteiger partial charge >= 0.3 is 0 Å². The maximum absolute atomic E-state index is 11.4. The van der Waals surface area contributed by atoms with Crippen molar-refractivity contribution < 1.29 is 8.42 Å². The van der Waals surface area contributed by atoms with Crippen LogP contribution in [0.2, 0.25) is 0 Å². The van der Waals surface area contributed by atoms with Gasteiger partial charge in [0.15, 0.2) is 0 Å². The van der Waals surface area contributed by atoms with Crippen molar-refractivity contribution in [3.05, 3.63) is 43.0 Å². The predicted octanol–water partition coefficient (Wildman–Crippen LogP) is 1.64. The van der Waals surface area contributed by atoms with Gasteiger partial charge in [0.25, 0.3) is 0 Å². The van der Waals surface area contributed by atoms with Crippen molar-refractivity contribution >= 4 is 15.7 Å². The van der Waals surface area contributed by atoms with Crippen molar-refractivity contribution in [1.82, 2.24) is 0 Å². The van der Waals surface area contributed by atoms with Crippen LogP contribution in [0.15, 0.2) is 43.0 Å². The van der Waals surface area contributed by atoms with Gasteiger partial charge in [-0.1, -0.05) is 24.3 Å². The number of hydrogen-bond acceptors (Lipinski definition) is 2. The first-order chi connectivity index (χ1) is 6.55. The molecule has 0 aliphatic heterocycles. The maximum Gasteiger partial charge on any atom is 0.232 e.